The standard InChI is InChI=1S/C14H21NO4S/c1-6-14(7-2,19-8-3)13-15-10(12(17)18-5)11(20-13)9(4)16/h6-8H2,1-5H3. The fourth-order valence-corrected chi connectivity index (χ4v) is 3.32. The van der Waals surface area contributed by atoms with E-state index in [9.17, 15) is 9.59 Å². The number of Topliss-reactive ketones (excluding diaryl/α,β-unsaturated/α-hetero) is 1. The van der Waals surface area contributed by atoms with Gasteiger partial charge in [-0.2, -0.15) is 0 Å². The smallest absolute Gasteiger partial charge is 0.358 e. The number of rotatable bonds is 7. The van der Waals surface area contributed by atoms with Crippen molar-refractivity contribution >= 4 is 23.1 Å². The van der Waals surface area contributed by atoms with Gasteiger partial charge in [0.05, 0.1) is 7.11 Å². The molecule has 5 nitrogen and oxygen atoms in total. The van der Waals surface area contributed by atoms with Crippen LogP contribution in [-0.2, 0) is 15.1 Å². The van der Waals surface area contributed by atoms with Gasteiger partial charge in [-0.1, -0.05) is 13.8 Å². The Balaban J connectivity index is 3.38. The number of methoxy groups -OCH3 is 1. The van der Waals surface area contributed by atoms with Crippen LogP contribution >= 0.6 is 11.3 Å². The van der Waals surface area contributed by atoms with Crippen molar-refractivity contribution in [3.05, 3.63) is 15.6 Å². The van der Waals surface area contributed by atoms with Crippen LogP contribution < -0.4 is 0 Å². The molecule has 0 radical (unpaired) electrons. The predicted molar refractivity (Wildman–Crippen MR) is 77.3 cm³/mol. The molecule has 6 heteroatoms. The van der Waals surface area contributed by atoms with E-state index in [-0.39, 0.29) is 11.5 Å². The van der Waals surface area contributed by atoms with Crippen LogP contribution in [0.2, 0.25) is 0 Å². The summed E-state index contributed by atoms with van der Waals surface area (Å²) < 4.78 is 10.6. The third-order valence-corrected chi connectivity index (χ3v) is 4.62. The topological polar surface area (TPSA) is 65.5 Å². The number of aromatic nitrogens is 1. The second kappa shape index (κ2) is 6.95. The Morgan fingerprint density at radius 3 is 2.25 bits per heavy atom. The molecule has 0 aromatic carbocycles. The van der Waals surface area contributed by atoms with Crippen LogP contribution in [0.5, 0.6) is 0 Å². The summed E-state index contributed by atoms with van der Waals surface area (Å²) in [6, 6.07) is 0. The third kappa shape index (κ3) is 3.07. The summed E-state index contributed by atoms with van der Waals surface area (Å²) in [6.45, 7) is 7.90. The molecule has 0 bridgehead atoms. The number of ketones is 1. The normalized spacial score (nSPS) is 11.4. The molecule has 1 rings (SSSR count). The monoisotopic (exact) mass is 299 g/mol. The van der Waals surface area contributed by atoms with Gasteiger partial charge in [0.2, 0.25) is 0 Å². The first-order chi connectivity index (χ1) is 9.45. The zero-order chi connectivity index (χ0) is 15.3. The van der Waals surface area contributed by atoms with Gasteiger partial charge < -0.3 is 9.47 Å². The van der Waals surface area contributed by atoms with Crippen molar-refractivity contribution in [2.75, 3.05) is 13.7 Å². The van der Waals surface area contributed by atoms with Gasteiger partial charge in [0.15, 0.2) is 11.5 Å². The van der Waals surface area contributed by atoms with Crippen molar-refractivity contribution in [1.82, 2.24) is 4.98 Å². The van der Waals surface area contributed by atoms with E-state index in [2.05, 4.69) is 4.98 Å². The highest BCUT2D eigenvalue weighted by Crippen LogP contribution is 2.37. The van der Waals surface area contributed by atoms with E-state index < -0.39 is 11.6 Å². The van der Waals surface area contributed by atoms with Gasteiger partial charge in [-0.05, 0) is 19.8 Å². The van der Waals surface area contributed by atoms with E-state index in [1.165, 1.54) is 25.4 Å². The molecule has 0 saturated heterocycles. The Kier molecular flexibility index (Phi) is 5.83. The Morgan fingerprint density at radius 1 is 1.25 bits per heavy atom. The largest absolute Gasteiger partial charge is 0.464 e. The molecule has 0 atom stereocenters. The third-order valence-electron chi connectivity index (χ3n) is 3.28. The molecule has 0 aliphatic heterocycles. The molecular weight excluding hydrogens is 278 g/mol. The molecule has 0 unspecified atom stereocenters. The molecule has 0 N–H and O–H groups in total. The minimum atomic E-state index is -0.588. The summed E-state index contributed by atoms with van der Waals surface area (Å²) in [5, 5.41) is 0.662. The summed E-state index contributed by atoms with van der Waals surface area (Å²) in [6.07, 6.45) is 1.45. The van der Waals surface area contributed by atoms with Gasteiger partial charge in [0.25, 0.3) is 0 Å². The molecule has 0 amide bonds. The van der Waals surface area contributed by atoms with E-state index in [1.54, 1.807) is 0 Å². The average molecular weight is 299 g/mol. The second-order valence-electron chi connectivity index (χ2n) is 4.38. The molecule has 0 aliphatic carbocycles. The Morgan fingerprint density at radius 2 is 1.85 bits per heavy atom. The maximum atomic E-state index is 11.7. The number of esters is 1. The SMILES string of the molecule is CCOC(CC)(CC)c1nc(C(=O)OC)c(C(C)=O)s1. The van der Waals surface area contributed by atoms with Gasteiger partial charge in [-0.25, -0.2) is 9.78 Å². The number of carbonyl (C=O) groups excluding carboxylic acids is 2. The lowest BCUT2D eigenvalue weighted by atomic mass is 9.98. The molecular formula is C14H21NO4S. The quantitative estimate of drug-likeness (QED) is 0.571. The van der Waals surface area contributed by atoms with Gasteiger partial charge in [-0.3, -0.25) is 4.79 Å². The zero-order valence-electron chi connectivity index (χ0n) is 12.6. The van der Waals surface area contributed by atoms with E-state index in [4.69, 9.17) is 9.47 Å². The van der Waals surface area contributed by atoms with Crippen molar-refractivity contribution in [2.45, 2.75) is 46.1 Å². The number of ether oxygens (including phenoxy) is 2. The van der Waals surface area contributed by atoms with Crippen molar-refractivity contribution in [3.63, 3.8) is 0 Å². The molecule has 1 aromatic rings. The van der Waals surface area contributed by atoms with Crippen LogP contribution in [0.25, 0.3) is 0 Å². The Bertz CT molecular complexity index is 491. The van der Waals surface area contributed by atoms with Crippen molar-refractivity contribution in [2.24, 2.45) is 0 Å². The van der Waals surface area contributed by atoms with E-state index in [0.29, 0.717) is 16.5 Å². The number of nitrogens with zero attached hydrogens (tertiary/aromatic N) is 1. The van der Waals surface area contributed by atoms with Crippen molar-refractivity contribution < 1.29 is 19.1 Å². The van der Waals surface area contributed by atoms with Crippen LogP contribution in [0.4, 0.5) is 0 Å². The minimum absolute atomic E-state index is 0.0889. The molecule has 0 saturated carbocycles. The minimum Gasteiger partial charge on any atom is -0.464 e. The fourth-order valence-electron chi connectivity index (χ4n) is 2.08. The molecule has 1 aromatic heterocycles. The summed E-state index contributed by atoms with van der Waals surface area (Å²) >= 11 is 1.22. The maximum absolute atomic E-state index is 11.7. The fraction of sp³-hybridized carbons (Fsp3) is 0.643. The summed E-state index contributed by atoms with van der Waals surface area (Å²) in [7, 11) is 1.28. The Labute approximate surface area is 123 Å². The van der Waals surface area contributed by atoms with Crippen LogP contribution in [0.3, 0.4) is 0 Å². The molecule has 0 aliphatic rings. The highest BCUT2D eigenvalue weighted by Gasteiger charge is 2.35. The maximum Gasteiger partial charge on any atom is 0.358 e. The van der Waals surface area contributed by atoms with E-state index in [1.807, 2.05) is 20.8 Å². The van der Waals surface area contributed by atoms with Crippen LogP contribution in [0, 0.1) is 0 Å². The highest BCUT2D eigenvalue weighted by molar-refractivity contribution is 7.14. The van der Waals surface area contributed by atoms with E-state index in [0.717, 1.165) is 12.8 Å². The number of hydrogen-bond acceptors (Lipinski definition) is 6. The Hall–Kier alpha value is -1.27. The van der Waals surface area contributed by atoms with Crippen molar-refractivity contribution in [1.29, 1.82) is 0 Å². The lowest BCUT2D eigenvalue weighted by molar-refractivity contribution is -0.0507. The van der Waals surface area contributed by atoms with Crippen LogP contribution in [0.1, 0.15) is 65.7 Å². The van der Waals surface area contributed by atoms with E-state index >= 15 is 0 Å². The van der Waals surface area contributed by atoms with Gasteiger partial charge in [0, 0.05) is 13.5 Å². The molecule has 0 fully saturated rings. The molecule has 20 heavy (non-hydrogen) atoms. The first-order valence-electron chi connectivity index (χ1n) is 6.70. The second-order valence-corrected chi connectivity index (χ2v) is 5.38. The first-order valence-corrected chi connectivity index (χ1v) is 7.51. The lowest BCUT2D eigenvalue weighted by Crippen LogP contribution is -2.28. The number of carbonyl (C=O) groups is 2. The number of hydrogen-bond donors (Lipinski definition) is 0. The summed E-state index contributed by atoms with van der Waals surface area (Å²) in [5.74, 6) is -0.776. The summed E-state index contributed by atoms with van der Waals surface area (Å²) in [4.78, 5) is 28.1. The summed E-state index contributed by atoms with van der Waals surface area (Å²) in [5.41, 5.74) is -0.457. The number of thiazole rings is 1. The molecule has 0 spiro atoms. The lowest BCUT2D eigenvalue weighted by Gasteiger charge is -2.29. The van der Waals surface area contributed by atoms with Crippen LogP contribution in [0.15, 0.2) is 0 Å². The predicted octanol–water partition coefficient (Wildman–Crippen LogP) is 3.18. The van der Waals surface area contributed by atoms with Gasteiger partial charge >= 0.3 is 5.97 Å². The first kappa shape index (κ1) is 16.8. The highest BCUT2D eigenvalue weighted by atomic mass is 32.1. The molecule has 1 heterocycles. The van der Waals surface area contributed by atoms with Crippen molar-refractivity contribution in [3.8, 4) is 0 Å². The molecule has 112 valence electrons. The van der Waals surface area contributed by atoms with Gasteiger partial charge in [-0.15, -0.1) is 11.3 Å². The van der Waals surface area contributed by atoms with Crippen LogP contribution in [-0.4, -0.2) is 30.5 Å². The van der Waals surface area contributed by atoms with Gasteiger partial charge in [0.1, 0.15) is 15.5 Å². The average Bonchev–Trinajstić information content (AvgIpc) is 2.89. The zero-order valence-corrected chi connectivity index (χ0v) is 13.4.